The van der Waals surface area contributed by atoms with E-state index >= 15 is 0 Å². The number of pyridine rings is 1. The number of aromatic nitrogens is 1. The van der Waals surface area contributed by atoms with E-state index in [-0.39, 0.29) is 41.3 Å². The number of carbonyl (C=O) groups is 1. The third-order valence-corrected chi connectivity index (χ3v) is 6.25. The predicted octanol–water partition coefficient (Wildman–Crippen LogP) is 3.95. The SMILES string of the molecule is CC1(OC(=O)N2CCC(O[C@H]3CC[C@H](Oc4c(F)cncc4C#N)CC3)CC2)CC1. The normalized spacial score (nSPS) is 26.0. The molecule has 2 heterocycles. The van der Waals surface area contributed by atoms with Crippen LogP contribution in [0.1, 0.15) is 63.9 Å². The molecule has 4 rings (SSSR count). The van der Waals surface area contributed by atoms with Gasteiger partial charge in [-0.05, 0) is 58.3 Å². The molecule has 1 aromatic rings. The van der Waals surface area contributed by atoms with Gasteiger partial charge in [-0.2, -0.15) is 5.26 Å². The summed E-state index contributed by atoms with van der Waals surface area (Å²) in [6.45, 7) is 3.30. The molecule has 30 heavy (non-hydrogen) atoms. The van der Waals surface area contributed by atoms with Gasteiger partial charge < -0.3 is 19.1 Å². The van der Waals surface area contributed by atoms with Crippen LogP contribution in [0, 0.1) is 17.1 Å². The molecule has 3 fully saturated rings. The molecule has 0 bridgehead atoms. The summed E-state index contributed by atoms with van der Waals surface area (Å²) in [7, 11) is 0. The van der Waals surface area contributed by atoms with Crippen LogP contribution in [0.2, 0.25) is 0 Å². The highest BCUT2D eigenvalue weighted by atomic mass is 19.1. The fourth-order valence-corrected chi connectivity index (χ4v) is 4.08. The van der Waals surface area contributed by atoms with Gasteiger partial charge in [0.25, 0.3) is 0 Å². The van der Waals surface area contributed by atoms with Crippen molar-refractivity contribution in [1.82, 2.24) is 9.88 Å². The van der Waals surface area contributed by atoms with Crippen LogP contribution in [0.25, 0.3) is 0 Å². The van der Waals surface area contributed by atoms with Crippen LogP contribution in [0.4, 0.5) is 9.18 Å². The zero-order chi connectivity index (χ0) is 21.1. The molecule has 7 nitrogen and oxygen atoms in total. The Morgan fingerprint density at radius 1 is 1.13 bits per heavy atom. The van der Waals surface area contributed by atoms with Gasteiger partial charge in [-0.15, -0.1) is 0 Å². The summed E-state index contributed by atoms with van der Waals surface area (Å²) in [4.78, 5) is 17.7. The Morgan fingerprint density at radius 3 is 2.40 bits per heavy atom. The van der Waals surface area contributed by atoms with E-state index in [2.05, 4.69) is 4.98 Å². The number of amides is 1. The molecule has 1 amide bonds. The highest BCUT2D eigenvalue weighted by Crippen LogP contribution is 2.39. The summed E-state index contributed by atoms with van der Waals surface area (Å²) < 4.78 is 31.6. The lowest BCUT2D eigenvalue weighted by Gasteiger charge is -2.36. The lowest BCUT2D eigenvalue weighted by atomic mass is 9.94. The molecule has 3 aliphatic rings. The van der Waals surface area contributed by atoms with Crippen molar-refractivity contribution in [1.29, 1.82) is 5.26 Å². The summed E-state index contributed by atoms with van der Waals surface area (Å²) >= 11 is 0. The quantitative estimate of drug-likeness (QED) is 0.721. The Hall–Kier alpha value is -2.40. The smallest absolute Gasteiger partial charge is 0.410 e. The van der Waals surface area contributed by atoms with Gasteiger partial charge in [0.05, 0.1) is 24.5 Å². The molecule has 8 heteroatoms. The third kappa shape index (κ3) is 5.01. The van der Waals surface area contributed by atoms with Gasteiger partial charge in [0, 0.05) is 19.3 Å². The lowest BCUT2D eigenvalue weighted by Crippen LogP contribution is -2.43. The predicted molar refractivity (Wildman–Crippen MR) is 105 cm³/mol. The summed E-state index contributed by atoms with van der Waals surface area (Å²) in [5.41, 5.74) is -0.118. The van der Waals surface area contributed by atoms with E-state index in [0.717, 1.165) is 57.6 Å². The van der Waals surface area contributed by atoms with E-state index in [1.165, 1.54) is 6.20 Å². The number of ether oxygens (including phenoxy) is 3. The Labute approximate surface area is 176 Å². The van der Waals surface area contributed by atoms with E-state index in [4.69, 9.17) is 19.5 Å². The minimum Gasteiger partial charge on any atom is -0.486 e. The van der Waals surface area contributed by atoms with E-state index < -0.39 is 5.82 Å². The number of hydrogen-bond donors (Lipinski definition) is 0. The molecule has 1 aromatic heterocycles. The first-order valence-corrected chi connectivity index (χ1v) is 10.8. The standard InChI is InChI=1S/C22H28FN3O4/c1-22(8-9-22)30-21(27)26-10-6-18(7-11-26)28-16-2-4-17(5-3-16)29-20-15(12-24)13-25-14-19(20)23/h13-14,16-18H,2-11H2,1H3/t16-,17-. The molecule has 0 aromatic carbocycles. The number of carbonyl (C=O) groups excluding carboxylic acids is 1. The fraction of sp³-hybridized carbons (Fsp3) is 0.682. The maximum Gasteiger partial charge on any atom is 0.410 e. The molecule has 2 saturated carbocycles. The summed E-state index contributed by atoms with van der Waals surface area (Å²) in [5.74, 6) is -0.607. The number of likely N-dealkylation sites (tertiary alicyclic amines) is 1. The van der Waals surface area contributed by atoms with Gasteiger partial charge >= 0.3 is 6.09 Å². The first-order valence-electron chi connectivity index (χ1n) is 10.8. The van der Waals surface area contributed by atoms with Crippen LogP contribution in [0.15, 0.2) is 12.4 Å². The summed E-state index contributed by atoms with van der Waals surface area (Å²) in [6.07, 6.45) is 9.06. The van der Waals surface area contributed by atoms with Crippen LogP contribution >= 0.6 is 0 Å². The number of piperidine rings is 1. The number of halogens is 1. The van der Waals surface area contributed by atoms with Crippen LogP contribution in [0.5, 0.6) is 5.75 Å². The largest absolute Gasteiger partial charge is 0.486 e. The molecule has 1 saturated heterocycles. The molecule has 0 spiro atoms. The molecular formula is C22H28FN3O4. The number of nitrogens with zero attached hydrogens (tertiary/aromatic N) is 3. The molecule has 162 valence electrons. The van der Waals surface area contributed by atoms with E-state index in [9.17, 15) is 9.18 Å². The van der Waals surface area contributed by atoms with Crippen LogP contribution in [-0.2, 0) is 9.47 Å². The highest BCUT2D eigenvalue weighted by molar-refractivity contribution is 5.68. The van der Waals surface area contributed by atoms with Gasteiger partial charge in [-0.25, -0.2) is 9.18 Å². The molecule has 0 unspecified atom stereocenters. The second kappa shape index (κ2) is 8.76. The first-order chi connectivity index (χ1) is 14.5. The zero-order valence-electron chi connectivity index (χ0n) is 17.3. The summed E-state index contributed by atoms with van der Waals surface area (Å²) in [5, 5.41) is 9.12. The van der Waals surface area contributed by atoms with Crippen molar-refractivity contribution in [2.75, 3.05) is 13.1 Å². The molecular weight excluding hydrogens is 389 g/mol. The van der Waals surface area contributed by atoms with Crippen molar-refractivity contribution in [2.45, 2.75) is 82.2 Å². The number of hydrogen-bond acceptors (Lipinski definition) is 6. The number of nitriles is 1. The van der Waals surface area contributed by atoms with Crippen LogP contribution in [0.3, 0.4) is 0 Å². The Morgan fingerprint density at radius 2 is 1.77 bits per heavy atom. The molecule has 0 N–H and O–H groups in total. The van der Waals surface area contributed by atoms with Gasteiger partial charge in [-0.3, -0.25) is 4.98 Å². The zero-order valence-corrected chi connectivity index (χ0v) is 17.3. The van der Waals surface area contributed by atoms with Gasteiger partial charge in [-0.1, -0.05) is 0 Å². The molecule has 1 aliphatic heterocycles. The Balaban J connectivity index is 1.19. The second-order valence-corrected chi connectivity index (χ2v) is 8.77. The Bertz CT molecular complexity index is 807. The molecule has 2 aliphatic carbocycles. The van der Waals surface area contributed by atoms with Crippen molar-refractivity contribution in [3.05, 3.63) is 23.8 Å². The van der Waals surface area contributed by atoms with Crippen molar-refractivity contribution in [2.24, 2.45) is 0 Å². The average Bonchev–Trinajstić information content (AvgIpc) is 3.47. The second-order valence-electron chi connectivity index (χ2n) is 8.77. The average molecular weight is 417 g/mol. The first kappa shape index (κ1) is 20.9. The lowest BCUT2D eigenvalue weighted by molar-refractivity contribution is -0.0664. The van der Waals surface area contributed by atoms with Crippen molar-refractivity contribution in [3.8, 4) is 11.8 Å². The fourth-order valence-electron chi connectivity index (χ4n) is 4.08. The minimum absolute atomic E-state index is 0.00353. The highest BCUT2D eigenvalue weighted by Gasteiger charge is 2.43. The maximum atomic E-state index is 14.0. The minimum atomic E-state index is -0.603. The topological polar surface area (TPSA) is 84.7 Å². The van der Waals surface area contributed by atoms with E-state index in [0.29, 0.717) is 13.1 Å². The third-order valence-electron chi connectivity index (χ3n) is 6.25. The molecule has 0 radical (unpaired) electrons. The van der Waals surface area contributed by atoms with Gasteiger partial charge in [0.2, 0.25) is 0 Å². The van der Waals surface area contributed by atoms with E-state index in [1.807, 2.05) is 13.0 Å². The van der Waals surface area contributed by atoms with E-state index in [1.54, 1.807) is 4.90 Å². The maximum absolute atomic E-state index is 14.0. The van der Waals surface area contributed by atoms with Crippen LogP contribution in [-0.4, -0.2) is 53.0 Å². The van der Waals surface area contributed by atoms with Crippen LogP contribution < -0.4 is 4.74 Å². The number of rotatable bonds is 5. The van der Waals surface area contributed by atoms with Crippen molar-refractivity contribution in [3.63, 3.8) is 0 Å². The Kier molecular flexibility index (Phi) is 6.09. The molecule has 0 atom stereocenters. The van der Waals surface area contributed by atoms with Crippen molar-refractivity contribution < 1.29 is 23.4 Å². The van der Waals surface area contributed by atoms with Gasteiger partial charge in [0.15, 0.2) is 11.6 Å². The van der Waals surface area contributed by atoms with Gasteiger partial charge in [0.1, 0.15) is 17.2 Å². The monoisotopic (exact) mass is 417 g/mol. The van der Waals surface area contributed by atoms with Crippen molar-refractivity contribution >= 4 is 6.09 Å². The summed E-state index contributed by atoms with van der Waals surface area (Å²) in [6, 6.07) is 1.93.